The van der Waals surface area contributed by atoms with Crippen molar-refractivity contribution in [2.24, 2.45) is 11.7 Å². The van der Waals surface area contributed by atoms with Gasteiger partial charge in [0.2, 0.25) is 5.91 Å². The lowest BCUT2D eigenvalue weighted by Gasteiger charge is -2.18. The molecule has 1 rings (SSSR count). The quantitative estimate of drug-likeness (QED) is 0.749. The third kappa shape index (κ3) is 5.15. The van der Waals surface area contributed by atoms with Gasteiger partial charge in [0.15, 0.2) is 0 Å². The molecule has 0 bridgehead atoms. The van der Waals surface area contributed by atoms with Gasteiger partial charge in [-0.1, -0.05) is 19.9 Å². The number of primary amides is 1. The molecule has 6 heteroatoms. The normalized spacial score (nSPS) is 12.2. The molecule has 0 fully saturated rings. The van der Waals surface area contributed by atoms with Crippen molar-refractivity contribution in [3.63, 3.8) is 0 Å². The lowest BCUT2D eigenvalue weighted by molar-refractivity contribution is -0.143. The van der Waals surface area contributed by atoms with Crippen LogP contribution in [0.25, 0.3) is 0 Å². The van der Waals surface area contributed by atoms with Crippen molar-refractivity contribution < 1.29 is 18.7 Å². The van der Waals surface area contributed by atoms with Crippen LogP contribution in [0.2, 0.25) is 0 Å². The van der Waals surface area contributed by atoms with Crippen LogP contribution in [0.5, 0.6) is 0 Å². The highest BCUT2D eigenvalue weighted by Gasteiger charge is 2.20. The third-order valence-corrected chi connectivity index (χ3v) is 3.07. The first-order valence-electron chi connectivity index (χ1n) is 6.74. The van der Waals surface area contributed by atoms with E-state index in [9.17, 15) is 14.0 Å². The van der Waals surface area contributed by atoms with Crippen molar-refractivity contribution in [2.75, 3.05) is 7.11 Å². The summed E-state index contributed by atoms with van der Waals surface area (Å²) in [5.41, 5.74) is 5.56. The fourth-order valence-corrected chi connectivity index (χ4v) is 1.95. The minimum atomic E-state index is -0.680. The highest BCUT2D eigenvalue weighted by atomic mass is 19.1. The van der Waals surface area contributed by atoms with Crippen molar-refractivity contribution >= 4 is 11.9 Å². The van der Waals surface area contributed by atoms with Gasteiger partial charge in [0.05, 0.1) is 7.11 Å². The molecule has 0 saturated heterocycles. The van der Waals surface area contributed by atoms with Crippen molar-refractivity contribution in [2.45, 2.75) is 32.9 Å². The molecule has 116 valence electrons. The zero-order valence-corrected chi connectivity index (χ0v) is 12.5. The third-order valence-electron chi connectivity index (χ3n) is 3.07. The van der Waals surface area contributed by atoms with E-state index in [-0.39, 0.29) is 18.1 Å². The molecule has 5 nitrogen and oxygen atoms in total. The Labute approximate surface area is 123 Å². The van der Waals surface area contributed by atoms with Gasteiger partial charge < -0.3 is 15.8 Å². The van der Waals surface area contributed by atoms with E-state index >= 15 is 0 Å². The monoisotopic (exact) mass is 296 g/mol. The number of amides is 1. The molecule has 1 unspecified atom stereocenters. The molecule has 1 amide bonds. The second kappa shape index (κ2) is 7.73. The van der Waals surface area contributed by atoms with Crippen molar-refractivity contribution in [3.8, 4) is 0 Å². The fourth-order valence-electron chi connectivity index (χ4n) is 1.95. The number of halogens is 1. The number of nitrogens with two attached hydrogens (primary N) is 1. The van der Waals surface area contributed by atoms with Crippen LogP contribution < -0.4 is 11.1 Å². The van der Waals surface area contributed by atoms with Crippen LogP contribution in [0.15, 0.2) is 18.2 Å². The maximum absolute atomic E-state index is 13.8. The number of carbonyl (C=O) groups excluding carboxylic acids is 2. The average Bonchev–Trinajstić information content (AvgIpc) is 2.42. The van der Waals surface area contributed by atoms with Gasteiger partial charge in [0, 0.05) is 17.7 Å². The summed E-state index contributed by atoms with van der Waals surface area (Å²) in [6.07, 6.45) is 0.591. The van der Waals surface area contributed by atoms with Crippen LogP contribution in [0.4, 0.5) is 4.39 Å². The summed E-state index contributed by atoms with van der Waals surface area (Å²) >= 11 is 0. The molecule has 0 aliphatic heterocycles. The first kappa shape index (κ1) is 17.1. The molecular weight excluding hydrogens is 275 g/mol. The van der Waals surface area contributed by atoms with Crippen LogP contribution >= 0.6 is 0 Å². The molecule has 0 aliphatic rings. The van der Waals surface area contributed by atoms with Crippen LogP contribution in [0.3, 0.4) is 0 Å². The summed E-state index contributed by atoms with van der Waals surface area (Å²) < 4.78 is 18.6. The lowest BCUT2D eigenvalue weighted by Crippen LogP contribution is -2.38. The van der Waals surface area contributed by atoms with Gasteiger partial charge in [-0.3, -0.25) is 9.59 Å². The molecule has 0 aliphatic carbocycles. The summed E-state index contributed by atoms with van der Waals surface area (Å²) in [7, 11) is 1.32. The number of rotatable bonds is 7. The van der Waals surface area contributed by atoms with Crippen molar-refractivity contribution in [3.05, 3.63) is 35.1 Å². The average molecular weight is 296 g/mol. The van der Waals surface area contributed by atoms with E-state index < -0.39 is 17.8 Å². The maximum Gasteiger partial charge on any atom is 0.322 e. The number of hydrogen-bond acceptors (Lipinski definition) is 4. The summed E-state index contributed by atoms with van der Waals surface area (Å²) in [5.74, 6) is -1.30. The minimum absolute atomic E-state index is 0.114. The van der Waals surface area contributed by atoms with Crippen LogP contribution in [-0.2, 0) is 16.1 Å². The molecule has 1 aromatic carbocycles. The van der Waals surface area contributed by atoms with Crippen molar-refractivity contribution in [1.29, 1.82) is 0 Å². The molecule has 0 saturated carbocycles. The summed E-state index contributed by atoms with van der Waals surface area (Å²) in [6, 6.07) is 3.53. The Balaban J connectivity index is 2.75. The van der Waals surface area contributed by atoms with Gasteiger partial charge in [-0.15, -0.1) is 0 Å². The van der Waals surface area contributed by atoms with Gasteiger partial charge in [-0.25, -0.2) is 4.39 Å². The second-order valence-corrected chi connectivity index (χ2v) is 5.26. The zero-order valence-electron chi connectivity index (χ0n) is 12.5. The Kier molecular flexibility index (Phi) is 6.30. The van der Waals surface area contributed by atoms with E-state index in [1.54, 1.807) is 0 Å². The van der Waals surface area contributed by atoms with E-state index in [4.69, 9.17) is 10.5 Å². The molecule has 3 N–H and O–H groups in total. The molecule has 1 atom stereocenters. The molecule has 0 spiro atoms. The summed E-state index contributed by atoms with van der Waals surface area (Å²) in [5, 5.41) is 2.98. The van der Waals surface area contributed by atoms with Gasteiger partial charge in [0.1, 0.15) is 11.9 Å². The molecule has 21 heavy (non-hydrogen) atoms. The Morgan fingerprint density at radius 3 is 2.52 bits per heavy atom. The van der Waals surface area contributed by atoms with E-state index in [1.807, 2.05) is 13.8 Å². The Morgan fingerprint density at radius 2 is 2.05 bits per heavy atom. The predicted octanol–water partition coefficient (Wildman–Crippen LogP) is 1.60. The number of nitrogens with one attached hydrogen (secondary N) is 1. The fraction of sp³-hybridized carbons (Fsp3) is 0.467. The van der Waals surface area contributed by atoms with Gasteiger partial charge in [0.25, 0.3) is 0 Å². The van der Waals surface area contributed by atoms with Crippen molar-refractivity contribution in [1.82, 2.24) is 5.32 Å². The minimum Gasteiger partial charge on any atom is -0.468 e. The highest BCUT2D eigenvalue weighted by molar-refractivity contribution is 5.92. The zero-order chi connectivity index (χ0) is 16.0. The maximum atomic E-state index is 13.8. The topological polar surface area (TPSA) is 81.4 Å². The Morgan fingerprint density at radius 1 is 1.38 bits per heavy atom. The number of ether oxygens (including phenoxy) is 1. The Hall–Kier alpha value is -1.95. The second-order valence-electron chi connectivity index (χ2n) is 5.26. The molecular formula is C15H21FN2O3. The van der Waals surface area contributed by atoms with E-state index in [1.165, 1.54) is 19.2 Å². The van der Waals surface area contributed by atoms with E-state index in [0.29, 0.717) is 17.9 Å². The number of benzene rings is 1. The van der Waals surface area contributed by atoms with E-state index in [2.05, 4.69) is 5.32 Å². The van der Waals surface area contributed by atoms with Crippen LogP contribution in [-0.4, -0.2) is 25.0 Å². The highest BCUT2D eigenvalue weighted by Crippen LogP contribution is 2.12. The first-order chi connectivity index (χ1) is 9.85. The summed E-state index contributed by atoms with van der Waals surface area (Å²) in [6.45, 7) is 4.14. The SMILES string of the molecule is COC(=O)C(CC(C)C)NCc1ccc(C(N)=O)cc1F. The summed E-state index contributed by atoms with van der Waals surface area (Å²) in [4.78, 5) is 22.6. The lowest BCUT2D eigenvalue weighted by atomic mass is 10.0. The van der Waals surface area contributed by atoms with Crippen LogP contribution in [0, 0.1) is 11.7 Å². The number of methoxy groups -OCH3 is 1. The smallest absolute Gasteiger partial charge is 0.322 e. The number of carbonyl (C=O) groups is 2. The van der Waals surface area contributed by atoms with E-state index in [0.717, 1.165) is 6.07 Å². The number of esters is 1. The molecule has 0 aromatic heterocycles. The first-order valence-corrected chi connectivity index (χ1v) is 6.74. The van der Waals surface area contributed by atoms with Gasteiger partial charge >= 0.3 is 5.97 Å². The predicted molar refractivity (Wildman–Crippen MR) is 77.0 cm³/mol. The van der Waals surface area contributed by atoms with Crippen LogP contribution in [0.1, 0.15) is 36.2 Å². The standard InChI is InChI=1S/C15H21FN2O3/c1-9(2)6-13(15(20)21-3)18-8-11-5-4-10(14(17)19)7-12(11)16/h4-5,7,9,13,18H,6,8H2,1-3H3,(H2,17,19). The largest absolute Gasteiger partial charge is 0.468 e. The molecule has 0 radical (unpaired) electrons. The molecule has 1 aromatic rings. The number of hydrogen-bond donors (Lipinski definition) is 2. The Bertz CT molecular complexity index is 518. The molecule has 0 heterocycles. The van der Waals surface area contributed by atoms with Gasteiger partial charge in [-0.05, 0) is 24.5 Å². The van der Waals surface area contributed by atoms with Gasteiger partial charge in [-0.2, -0.15) is 0 Å².